The quantitative estimate of drug-likeness (QED) is 0.721. The monoisotopic (exact) mass is 411 g/mol. The Labute approximate surface area is 172 Å². The smallest absolute Gasteiger partial charge is 0.226 e. The molecule has 27 heavy (non-hydrogen) atoms. The lowest BCUT2D eigenvalue weighted by Gasteiger charge is -2.21. The Balaban J connectivity index is 0.00000261. The maximum atomic E-state index is 12.4. The molecule has 1 aromatic carbocycles. The Morgan fingerprint density at radius 1 is 1.22 bits per heavy atom. The normalized spacial score (nSPS) is 22.2. The van der Waals surface area contributed by atoms with Gasteiger partial charge in [0.2, 0.25) is 5.91 Å². The number of amides is 1. The molecule has 1 atom stereocenters. The molecular weight excluding hydrogens is 382 g/mol. The molecule has 0 spiro atoms. The third-order valence-electron chi connectivity index (χ3n) is 5.17. The fourth-order valence-electron chi connectivity index (χ4n) is 3.51. The van der Waals surface area contributed by atoms with Gasteiger partial charge >= 0.3 is 0 Å². The summed E-state index contributed by atoms with van der Waals surface area (Å²) in [6.07, 6.45) is 8.18. The summed E-state index contributed by atoms with van der Waals surface area (Å²) in [5.41, 5.74) is 0.802. The van der Waals surface area contributed by atoms with Gasteiger partial charge in [0.1, 0.15) is 5.75 Å². The SMILES string of the molecule is COc1ccc(NC(=O)CC2CSC(=NC3CCCCCC3)N2C)cc1.Cl. The number of anilines is 1. The van der Waals surface area contributed by atoms with E-state index in [1.165, 1.54) is 38.5 Å². The van der Waals surface area contributed by atoms with Crippen LogP contribution in [-0.4, -0.2) is 48.0 Å². The lowest BCUT2D eigenvalue weighted by atomic mass is 10.1. The van der Waals surface area contributed by atoms with E-state index in [2.05, 4.69) is 17.3 Å². The number of benzene rings is 1. The summed E-state index contributed by atoms with van der Waals surface area (Å²) in [5.74, 6) is 1.76. The summed E-state index contributed by atoms with van der Waals surface area (Å²) in [6.45, 7) is 0. The van der Waals surface area contributed by atoms with Gasteiger partial charge in [0, 0.05) is 31.0 Å². The largest absolute Gasteiger partial charge is 0.497 e. The van der Waals surface area contributed by atoms with Crippen LogP contribution in [0.25, 0.3) is 0 Å². The molecule has 150 valence electrons. The number of nitrogens with zero attached hydrogens (tertiary/aromatic N) is 2. The maximum absolute atomic E-state index is 12.4. The van der Waals surface area contributed by atoms with Gasteiger partial charge in [-0.2, -0.15) is 0 Å². The number of aliphatic imine (C=N–C) groups is 1. The van der Waals surface area contributed by atoms with E-state index in [0.29, 0.717) is 12.5 Å². The number of ether oxygens (including phenoxy) is 1. The van der Waals surface area contributed by atoms with Crippen LogP contribution in [0.2, 0.25) is 0 Å². The van der Waals surface area contributed by atoms with E-state index in [1.54, 1.807) is 18.9 Å². The van der Waals surface area contributed by atoms with Crippen molar-refractivity contribution in [3.05, 3.63) is 24.3 Å². The molecule has 1 aromatic rings. The first-order chi connectivity index (χ1) is 12.7. The molecule has 5 nitrogen and oxygen atoms in total. The Morgan fingerprint density at radius 2 is 1.89 bits per heavy atom. The van der Waals surface area contributed by atoms with Gasteiger partial charge < -0.3 is 15.0 Å². The van der Waals surface area contributed by atoms with Crippen molar-refractivity contribution >= 4 is 40.9 Å². The van der Waals surface area contributed by atoms with Gasteiger partial charge in [-0.3, -0.25) is 9.79 Å². The van der Waals surface area contributed by atoms with Gasteiger partial charge in [-0.1, -0.05) is 37.4 Å². The Morgan fingerprint density at radius 3 is 2.52 bits per heavy atom. The molecule has 2 aliphatic rings. The number of methoxy groups -OCH3 is 1. The van der Waals surface area contributed by atoms with Crippen molar-refractivity contribution in [1.82, 2.24) is 4.90 Å². The zero-order valence-electron chi connectivity index (χ0n) is 16.1. The van der Waals surface area contributed by atoms with E-state index in [0.717, 1.165) is 22.4 Å². The first kappa shape index (κ1) is 21.9. The van der Waals surface area contributed by atoms with Crippen molar-refractivity contribution in [1.29, 1.82) is 0 Å². The van der Waals surface area contributed by atoms with E-state index in [-0.39, 0.29) is 24.4 Å². The number of halogens is 1. The third kappa shape index (κ3) is 6.32. The molecule has 1 aliphatic carbocycles. The van der Waals surface area contributed by atoms with Gasteiger partial charge in [-0.15, -0.1) is 12.4 Å². The number of hydrogen-bond donors (Lipinski definition) is 1. The van der Waals surface area contributed by atoms with Crippen molar-refractivity contribution in [3.63, 3.8) is 0 Å². The van der Waals surface area contributed by atoms with Gasteiger partial charge in [0.25, 0.3) is 0 Å². The Bertz CT molecular complexity index is 631. The average molecular weight is 412 g/mol. The van der Waals surface area contributed by atoms with Crippen molar-refractivity contribution in [2.75, 3.05) is 25.2 Å². The minimum Gasteiger partial charge on any atom is -0.497 e. The highest BCUT2D eigenvalue weighted by Crippen LogP contribution is 2.28. The highest BCUT2D eigenvalue weighted by Gasteiger charge is 2.29. The van der Waals surface area contributed by atoms with Gasteiger partial charge in [0.15, 0.2) is 5.17 Å². The Kier molecular flexibility index (Phi) is 8.77. The van der Waals surface area contributed by atoms with Crippen molar-refractivity contribution in [3.8, 4) is 5.75 Å². The number of carbonyl (C=O) groups is 1. The second kappa shape index (κ2) is 10.8. The van der Waals surface area contributed by atoms with Crippen molar-refractivity contribution in [2.24, 2.45) is 4.99 Å². The van der Waals surface area contributed by atoms with E-state index >= 15 is 0 Å². The van der Waals surface area contributed by atoms with Crippen LogP contribution >= 0.6 is 24.2 Å². The summed E-state index contributed by atoms with van der Waals surface area (Å²) >= 11 is 1.79. The average Bonchev–Trinajstić information content (AvgIpc) is 2.85. The molecule has 1 amide bonds. The van der Waals surface area contributed by atoms with Gasteiger partial charge in [-0.05, 0) is 37.1 Å². The van der Waals surface area contributed by atoms with Gasteiger partial charge in [0.05, 0.1) is 13.2 Å². The molecule has 2 fully saturated rings. The van der Waals surface area contributed by atoms with Gasteiger partial charge in [-0.25, -0.2) is 0 Å². The minimum absolute atomic E-state index is 0. The van der Waals surface area contributed by atoms with E-state index in [9.17, 15) is 4.79 Å². The fourth-order valence-corrected chi connectivity index (χ4v) is 4.77. The molecule has 0 radical (unpaired) electrons. The van der Waals surface area contributed by atoms with Crippen molar-refractivity contribution in [2.45, 2.75) is 57.0 Å². The lowest BCUT2D eigenvalue weighted by molar-refractivity contribution is -0.116. The first-order valence-electron chi connectivity index (χ1n) is 9.53. The lowest BCUT2D eigenvalue weighted by Crippen LogP contribution is -2.34. The van der Waals surface area contributed by atoms with E-state index in [4.69, 9.17) is 9.73 Å². The number of amidine groups is 1. The summed E-state index contributed by atoms with van der Waals surface area (Å²) < 4.78 is 5.14. The summed E-state index contributed by atoms with van der Waals surface area (Å²) in [6, 6.07) is 8.11. The molecule has 1 heterocycles. The summed E-state index contributed by atoms with van der Waals surface area (Å²) in [7, 11) is 3.70. The molecule has 1 aliphatic heterocycles. The number of carbonyl (C=O) groups excluding carboxylic acids is 1. The molecule has 1 saturated carbocycles. The van der Waals surface area contributed by atoms with Crippen LogP contribution in [0, 0.1) is 0 Å². The van der Waals surface area contributed by atoms with Crippen LogP contribution in [0.5, 0.6) is 5.75 Å². The molecule has 1 unspecified atom stereocenters. The molecule has 3 rings (SSSR count). The molecule has 1 N–H and O–H groups in total. The molecule has 1 saturated heterocycles. The number of rotatable bonds is 5. The zero-order valence-corrected chi connectivity index (χ0v) is 17.8. The highest BCUT2D eigenvalue weighted by atomic mass is 35.5. The van der Waals surface area contributed by atoms with E-state index in [1.807, 2.05) is 24.3 Å². The maximum Gasteiger partial charge on any atom is 0.226 e. The number of hydrogen-bond acceptors (Lipinski definition) is 4. The molecular formula is C20H30ClN3O2S. The van der Waals surface area contributed by atoms with Crippen LogP contribution < -0.4 is 10.1 Å². The van der Waals surface area contributed by atoms with Crippen molar-refractivity contribution < 1.29 is 9.53 Å². The number of thioether (sulfide) groups is 1. The third-order valence-corrected chi connectivity index (χ3v) is 6.37. The molecule has 0 bridgehead atoms. The fraction of sp³-hybridized carbons (Fsp3) is 0.600. The highest BCUT2D eigenvalue weighted by molar-refractivity contribution is 8.14. The van der Waals surface area contributed by atoms with Crippen LogP contribution in [0.4, 0.5) is 5.69 Å². The molecule has 7 heteroatoms. The summed E-state index contributed by atoms with van der Waals surface area (Å²) in [4.78, 5) is 19.6. The van der Waals surface area contributed by atoms with Crippen LogP contribution in [0.3, 0.4) is 0 Å². The number of nitrogens with one attached hydrogen (secondary N) is 1. The Hall–Kier alpha value is -1.40. The second-order valence-electron chi connectivity index (χ2n) is 7.11. The van der Waals surface area contributed by atoms with Crippen LogP contribution in [0.1, 0.15) is 44.9 Å². The van der Waals surface area contributed by atoms with Crippen LogP contribution in [-0.2, 0) is 4.79 Å². The topological polar surface area (TPSA) is 53.9 Å². The minimum atomic E-state index is 0. The predicted octanol–water partition coefficient (Wildman–Crippen LogP) is 4.57. The summed E-state index contributed by atoms with van der Waals surface area (Å²) in [5, 5.41) is 4.09. The zero-order chi connectivity index (χ0) is 18.4. The molecule has 0 aromatic heterocycles. The standard InChI is InChI=1S/C20H29N3O2S.ClH/c1-23-17(13-19(24)21-16-9-11-18(25-2)12-10-16)14-26-20(23)22-15-7-5-3-4-6-8-15;/h9-12,15,17H,3-8,13-14H2,1-2H3,(H,21,24);1H. The van der Waals surface area contributed by atoms with E-state index < -0.39 is 0 Å². The second-order valence-corrected chi connectivity index (χ2v) is 8.10. The van der Waals surface area contributed by atoms with Crippen LogP contribution in [0.15, 0.2) is 29.3 Å². The first-order valence-corrected chi connectivity index (χ1v) is 10.5. The predicted molar refractivity (Wildman–Crippen MR) is 116 cm³/mol.